The largest absolute Gasteiger partial charge is 0.394 e. The van der Waals surface area contributed by atoms with Crippen LogP contribution < -0.4 is 0 Å². The summed E-state index contributed by atoms with van der Waals surface area (Å²) in [5.74, 6) is 0.824. The van der Waals surface area contributed by atoms with Gasteiger partial charge in [-0.3, -0.25) is 0 Å². The number of fused-ring (bicyclic) bond motifs is 2. The van der Waals surface area contributed by atoms with Crippen molar-refractivity contribution in [2.45, 2.75) is 191 Å². The standard InChI is InChI=1S/C42H70O14/c1-20(22-9-11-37(2,3)56-22)28-21(45)15-40(6)26-8-7-25-38(4,19-52-35-33(50)31(48)29(46)23(16-43)53-35)27(55-36-34(51)32(49)30(47)24(17-44)54-36)10-12-41(25)18-42(26,41)14-13-39(28,40)5/h20-36,43-51H,7-19H2,1-6H3/t20-,21+,22+,23-,24-,25+,26+,27+,28+,29-,30+,31+,32+,33-,34-,35-,36+,38+,39-,40+,41-,42+/m1/s1. The monoisotopic (exact) mass is 798 g/mol. The van der Waals surface area contributed by atoms with Crippen LogP contribution in [0.4, 0.5) is 0 Å². The average Bonchev–Trinajstić information content (AvgIpc) is 3.59. The normalized spacial score (nSPS) is 58.1. The zero-order chi connectivity index (χ0) is 40.5. The number of hydrogen-bond donors (Lipinski definition) is 9. The summed E-state index contributed by atoms with van der Waals surface area (Å²) < 4.78 is 31.2. The predicted octanol–water partition coefficient (Wildman–Crippen LogP) is 0.972. The molecule has 8 aliphatic rings. The summed E-state index contributed by atoms with van der Waals surface area (Å²) in [4.78, 5) is 0. The van der Waals surface area contributed by atoms with Gasteiger partial charge in [-0.1, -0.05) is 27.7 Å². The maximum Gasteiger partial charge on any atom is 0.186 e. The molecule has 0 unspecified atom stereocenters. The second-order valence-electron chi connectivity index (χ2n) is 21.0. The Bertz CT molecular complexity index is 1450. The number of hydrogen-bond acceptors (Lipinski definition) is 14. The lowest BCUT2D eigenvalue weighted by molar-refractivity contribution is -0.340. The van der Waals surface area contributed by atoms with Crippen LogP contribution in [0.2, 0.25) is 0 Å². The molecule has 3 heterocycles. The third kappa shape index (κ3) is 5.93. The van der Waals surface area contributed by atoms with Gasteiger partial charge in [-0.25, -0.2) is 0 Å². The molecule has 9 N–H and O–H groups in total. The number of ether oxygens (including phenoxy) is 5. The fourth-order valence-corrected chi connectivity index (χ4v) is 15.1. The van der Waals surface area contributed by atoms with E-state index in [1.54, 1.807) is 0 Å². The number of aliphatic hydroxyl groups excluding tert-OH is 9. The molecule has 0 aromatic carbocycles. The lowest BCUT2D eigenvalue weighted by Gasteiger charge is -2.64. The lowest BCUT2D eigenvalue weighted by Crippen LogP contribution is -2.63. The van der Waals surface area contributed by atoms with Gasteiger partial charge in [0.15, 0.2) is 12.6 Å². The number of rotatable bonds is 9. The Labute approximate surface area is 330 Å². The molecule has 0 radical (unpaired) electrons. The fourth-order valence-electron chi connectivity index (χ4n) is 15.1. The Morgan fingerprint density at radius 1 is 0.643 bits per heavy atom. The molecule has 3 aliphatic heterocycles. The van der Waals surface area contributed by atoms with Gasteiger partial charge in [0.05, 0.1) is 43.7 Å². The van der Waals surface area contributed by atoms with E-state index < -0.39 is 92.2 Å². The van der Waals surface area contributed by atoms with Crippen molar-refractivity contribution in [2.75, 3.05) is 19.8 Å². The van der Waals surface area contributed by atoms with Crippen molar-refractivity contribution in [1.82, 2.24) is 0 Å². The van der Waals surface area contributed by atoms with Gasteiger partial charge in [0.1, 0.15) is 48.8 Å². The van der Waals surface area contributed by atoms with Crippen LogP contribution in [0.25, 0.3) is 0 Å². The zero-order valence-electron chi connectivity index (χ0n) is 34.1. The molecule has 5 aliphatic carbocycles. The van der Waals surface area contributed by atoms with E-state index in [-0.39, 0.29) is 57.7 Å². The molecule has 5 saturated carbocycles. The van der Waals surface area contributed by atoms with Crippen molar-refractivity contribution in [3.63, 3.8) is 0 Å². The van der Waals surface area contributed by atoms with E-state index in [1.165, 1.54) is 0 Å². The quantitative estimate of drug-likeness (QED) is 0.148. The highest BCUT2D eigenvalue weighted by Crippen LogP contribution is 2.89. The molecule has 0 bridgehead atoms. The first-order valence-electron chi connectivity index (χ1n) is 21.5. The molecular weight excluding hydrogens is 728 g/mol. The third-order valence-electron chi connectivity index (χ3n) is 18.1. The first kappa shape index (κ1) is 42.1. The summed E-state index contributed by atoms with van der Waals surface area (Å²) in [7, 11) is 0. The molecule has 0 aromatic rings. The van der Waals surface area contributed by atoms with Gasteiger partial charge >= 0.3 is 0 Å². The van der Waals surface area contributed by atoms with Crippen LogP contribution in [-0.4, -0.2) is 151 Å². The van der Waals surface area contributed by atoms with Crippen LogP contribution in [0.5, 0.6) is 0 Å². The zero-order valence-corrected chi connectivity index (χ0v) is 34.1. The van der Waals surface area contributed by atoms with Crippen LogP contribution in [0.1, 0.15) is 106 Å². The Morgan fingerprint density at radius 3 is 1.84 bits per heavy atom. The van der Waals surface area contributed by atoms with Gasteiger partial charge in [-0.15, -0.1) is 0 Å². The van der Waals surface area contributed by atoms with E-state index >= 15 is 0 Å². The van der Waals surface area contributed by atoms with Crippen molar-refractivity contribution >= 4 is 0 Å². The molecule has 8 fully saturated rings. The highest BCUT2D eigenvalue weighted by molar-refractivity contribution is 5.31. The molecule has 14 nitrogen and oxygen atoms in total. The molecule has 22 atom stereocenters. The maximum atomic E-state index is 12.0. The van der Waals surface area contributed by atoms with Crippen LogP contribution in [0, 0.1) is 50.7 Å². The van der Waals surface area contributed by atoms with Crippen molar-refractivity contribution in [3.05, 3.63) is 0 Å². The van der Waals surface area contributed by atoms with Gasteiger partial charge in [0.2, 0.25) is 0 Å². The van der Waals surface area contributed by atoms with Gasteiger partial charge in [-0.05, 0) is 123 Å². The van der Waals surface area contributed by atoms with E-state index in [0.29, 0.717) is 12.3 Å². The van der Waals surface area contributed by atoms with E-state index in [2.05, 4.69) is 41.5 Å². The summed E-state index contributed by atoms with van der Waals surface area (Å²) >= 11 is 0. The second-order valence-corrected chi connectivity index (χ2v) is 21.0. The lowest BCUT2D eigenvalue weighted by atomic mass is 9.41. The van der Waals surface area contributed by atoms with Crippen molar-refractivity contribution in [3.8, 4) is 0 Å². The van der Waals surface area contributed by atoms with Crippen molar-refractivity contribution < 1.29 is 69.6 Å². The Kier molecular flexibility index (Phi) is 10.7. The Hall–Kier alpha value is -0.560. The molecule has 8 rings (SSSR count). The minimum atomic E-state index is -1.60. The summed E-state index contributed by atoms with van der Waals surface area (Å²) in [6, 6.07) is 0. The summed E-state index contributed by atoms with van der Waals surface area (Å²) in [5, 5.41) is 95.9. The van der Waals surface area contributed by atoms with E-state index in [0.717, 1.165) is 57.8 Å². The molecular formula is C42H70O14. The highest BCUT2D eigenvalue weighted by Gasteiger charge is 2.83. The number of aliphatic hydroxyl groups is 9. The second kappa shape index (κ2) is 14.3. The van der Waals surface area contributed by atoms with E-state index in [4.69, 9.17) is 23.7 Å². The molecule has 0 amide bonds. The predicted molar refractivity (Wildman–Crippen MR) is 198 cm³/mol. The van der Waals surface area contributed by atoms with Gasteiger partial charge in [0, 0.05) is 5.41 Å². The highest BCUT2D eigenvalue weighted by atomic mass is 16.7. The third-order valence-corrected chi connectivity index (χ3v) is 18.1. The molecule has 3 saturated heterocycles. The summed E-state index contributed by atoms with van der Waals surface area (Å²) in [6.45, 7) is 12.5. The maximum absolute atomic E-state index is 12.0. The summed E-state index contributed by atoms with van der Waals surface area (Å²) in [6.07, 6.45) is -6.12. The van der Waals surface area contributed by atoms with Crippen LogP contribution in [0.3, 0.4) is 0 Å². The molecule has 56 heavy (non-hydrogen) atoms. The molecule has 322 valence electrons. The van der Waals surface area contributed by atoms with Gasteiger partial charge in [0.25, 0.3) is 0 Å². The summed E-state index contributed by atoms with van der Waals surface area (Å²) in [5.41, 5.74) is -1.08. The molecule has 2 spiro atoms. The smallest absolute Gasteiger partial charge is 0.186 e. The van der Waals surface area contributed by atoms with E-state index in [1.807, 2.05) is 0 Å². The van der Waals surface area contributed by atoms with Gasteiger partial charge in [-0.2, -0.15) is 0 Å². The van der Waals surface area contributed by atoms with Crippen LogP contribution in [0.15, 0.2) is 0 Å². The van der Waals surface area contributed by atoms with Crippen LogP contribution >= 0.6 is 0 Å². The molecule has 14 heteroatoms. The Balaban J connectivity index is 1.08. The first-order chi connectivity index (χ1) is 26.2. The topological polar surface area (TPSA) is 228 Å². The fraction of sp³-hybridized carbons (Fsp3) is 1.00. The van der Waals surface area contributed by atoms with Gasteiger partial charge < -0.3 is 69.6 Å². The van der Waals surface area contributed by atoms with Crippen molar-refractivity contribution in [1.29, 1.82) is 0 Å². The average molecular weight is 799 g/mol. The SMILES string of the molecule is C[C@@H]([C@H]1[C@@H](O)C[C@@]2(C)[C@@H]3CC[C@H]4[C@](C)(CO[C@@H]5O[C@H](CO)[C@@H](O)[C@H](O)[C@H]5O)[C@@H](O[C@@H]5O[C@H](CO)[C@H](O)[C@H](O)[C@H]5O)CC[C@@]45C[C@@]35CC[C@]12C)[C@@H]1CCC(C)(C)O1. The van der Waals surface area contributed by atoms with Crippen molar-refractivity contribution in [2.24, 2.45) is 50.7 Å². The van der Waals surface area contributed by atoms with E-state index in [9.17, 15) is 46.0 Å². The minimum Gasteiger partial charge on any atom is -0.394 e. The Morgan fingerprint density at radius 2 is 1.23 bits per heavy atom. The van der Waals surface area contributed by atoms with Crippen LogP contribution in [-0.2, 0) is 23.7 Å². The molecule has 0 aromatic heterocycles. The first-order valence-corrected chi connectivity index (χ1v) is 21.5. The minimum absolute atomic E-state index is 0.00989.